The topological polar surface area (TPSA) is 37.3 Å². The van der Waals surface area contributed by atoms with Crippen molar-refractivity contribution >= 4 is 17.7 Å². The zero-order valence-corrected chi connectivity index (χ0v) is 9.41. The Balaban J connectivity index is 2.57. The summed E-state index contributed by atoms with van der Waals surface area (Å²) in [4.78, 5) is 11.2. The van der Waals surface area contributed by atoms with Crippen molar-refractivity contribution in [1.29, 1.82) is 0 Å². The molecular weight excluding hydrogens is 234 g/mol. The maximum Gasteiger partial charge on any atom is 0.314 e. The van der Waals surface area contributed by atoms with Crippen molar-refractivity contribution in [3.05, 3.63) is 29.3 Å². The van der Waals surface area contributed by atoms with Gasteiger partial charge in [-0.25, -0.2) is 8.78 Å². The van der Waals surface area contributed by atoms with E-state index in [2.05, 4.69) is 0 Å². The van der Waals surface area contributed by atoms with Crippen LogP contribution in [0.1, 0.15) is 18.4 Å². The largest absolute Gasteiger partial charge is 0.481 e. The molecule has 1 fully saturated rings. The number of hydrogen-bond acceptors (Lipinski definition) is 2. The van der Waals surface area contributed by atoms with Crippen LogP contribution in [-0.2, 0) is 10.2 Å². The van der Waals surface area contributed by atoms with E-state index in [0.717, 1.165) is 23.9 Å². The van der Waals surface area contributed by atoms with Gasteiger partial charge in [0.2, 0.25) is 0 Å². The van der Waals surface area contributed by atoms with Crippen LogP contribution in [-0.4, -0.2) is 17.3 Å². The second kappa shape index (κ2) is 3.73. The monoisotopic (exact) mass is 244 g/mol. The predicted molar refractivity (Wildman–Crippen MR) is 56.7 cm³/mol. The van der Waals surface area contributed by atoms with E-state index in [1.54, 1.807) is 6.26 Å². The summed E-state index contributed by atoms with van der Waals surface area (Å²) in [6.07, 6.45) is 2.37. The molecule has 1 aromatic carbocycles. The third-order valence-corrected chi connectivity index (χ3v) is 3.64. The van der Waals surface area contributed by atoms with Gasteiger partial charge < -0.3 is 5.11 Å². The molecule has 16 heavy (non-hydrogen) atoms. The van der Waals surface area contributed by atoms with E-state index in [1.807, 2.05) is 0 Å². The van der Waals surface area contributed by atoms with Crippen molar-refractivity contribution in [1.82, 2.24) is 0 Å². The summed E-state index contributed by atoms with van der Waals surface area (Å²) in [5, 5.41) is 9.04. The first-order valence-corrected chi connectivity index (χ1v) is 6.00. The lowest BCUT2D eigenvalue weighted by Crippen LogP contribution is -2.21. The Hall–Kier alpha value is -1.10. The van der Waals surface area contributed by atoms with Gasteiger partial charge in [0.05, 0.1) is 5.41 Å². The number of benzene rings is 1. The molecule has 1 saturated carbocycles. The van der Waals surface area contributed by atoms with Gasteiger partial charge in [-0.2, -0.15) is 0 Å². The smallest absolute Gasteiger partial charge is 0.314 e. The molecule has 1 N–H and O–H groups in total. The number of thioether (sulfide) groups is 1. The minimum atomic E-state index is -1.20. The molecule has 1 aliphatic rings. The highest BCUT2D eigenvalue weighted by Crippen LogP contribution is 2.50. The second-order valence-corrected chi connectivity index (χ2v) is 4.70. The SMILES string of the molecule is CSc1cc(F)cc(C2(C(=O)O)CC2)c1F. The molecular formula is C11H10F2O2S. The fourth-order valence-electron chi connectivity index (χ4n) is 1.78. The van der Waals surface area contributed by atoms with E-state index < -0.39 is 23.0 Å². The number of carboxylic acid groups (broad SMARTS) is 1. The average Bonchev–Trinajstić information content (AvgIpc) is 3.02. The molecule has 1 aromatic rings. The van der Waals surface area contributed by atoms with E-state index in [4.69, 9.17) is 5.11 Å². The Morgan fingerprint density at radius 1 is 1.44 bits per heavy atom. The van der Waals surface area contributed by atoms with E-state index in [9.17, 15) is 13.6 Å². The molecule has 0 radical (unpaired) electrons. The maximum absolute atomic E-state index is 13.9. The van der Waals surface area contributed by atoms with Crippen LogP contribution in [0.15, 0.2) is 17.0 Å². The number of halogens is 2. The predicted octanol–water partition coefficient (Wildman–Crippen LogP) is 2.80. The van der Waals surface area contributed by atoms with Crippen molar-refractivity contribution in [2.24, 2.45) is 0 Å². The summed E-state index contributed by atoms with van der Waals surface area (Å²) in [5.74, 6) is -2.27. The van der Waals surface area contributed by atoms with Gasteiger partial charge in [-0.15, -0.1) is 11.8 Å². The number of aliphatic carboxylic acids is 1. The Kier molecular flexibility index (Phi) is 2.66. The summed E-state index contributed by atoms with van der Waals surface area (Å²) in [6, 6.07) is 2.08. The van der Waals surface area contributed by atoms with Crippen LogP contribution < -0.4 is 0 Å². The van der Waals surface area contributed by atoms with E-state index >= 15 is 0 Å². The fourth-order valence-corrected chi connectivity index (χ4v) is 2.30. The standard InChI is InChI=1S/C11H10F2O2S/c1-16-8-5-6(12)4-7(9(8)13)11(2-3-11)10(14)15/h4-5H,2-3H2,1H3,(H,14,15). The van der Waals surface area contributed by atoms with Gasteiger partial charge in [0.1, 0.15) is 11.6 Å². The molecule has 5 heteroatoms. The van der Waals surface area contributed by atoms with Crippen molar-refractivity contribution in [2.75, 3.05) is 6.26 Å². The maximum atomic E-state index is 13.9. The summed E-state index contributed by atoms with van der Waals surface area (Å²) in [7, 11) is 0. The van der Waals surface area contributed by atoms with Gasteiger partial charge in [0.25, 0.3) is 0 Å². The first-order valence-electron chi connectivity index (χ1n) is 4.78. The van der Waals surface area contributed by atoms with Crippen LogP contribution >= 0.6 is 11.8 Å². The molecule has 2 nitrogen and oxygen atoms in total. The van der Waals surface area contributed by atoms with Crippen molar-refractivity contribution in [3.63, 3.8) is 0 Å². The lowest BCUT2D eigenvalue weighted by Gasteiger charge is -2.13. The zero-order chi connectivity index (χ0) is 11.9. The molecule has 0 saturated heterocycles. The highest BCUT2D eigenvalue weighted by molar-refractivity contribution is 7.98. The first-order chi connectivity index (χ1) is 7.51. The van der Waals surface area contributed by atoms with Gasteiger partial charge in [-0.1, -0.05) is 0 Å². The summed E-state index contributed by atoms with van der Waals surface area (Å²) >= 11 is 1.07. The van der Waals surface area contributed by atoms with Gasteiger partial charge in [-0.05, 0) is 31.2 Å². The zero-order valence-electron chi connectivity index (χ0n) is 8.59. The lowest BCUT2D eigenvalue weighted by atomic mass is 9.95. The van der Waals surface area contributed by atoms with Crippen molar-refractivity contribution in [3.8, 4) is 0 Å². The molecule has 0 heterocycles. The van der Waals surface area contributed by atoms with Crippen LogP contribution in [0.3, 0.4) is 0 Å². The normalized spacial score (nSPS) is 17.2. The minimum Gasteiger partial charge on any atom is -0.481 e. The molecule has 86 valence electrons. The molecule has 0 spiro atoms. The molecule has 0 atom stereocenters. The quantitative estimate of drug-likeness (QED) is 0.831. The van der Waals surface area contributed by atoms with E-state index in [0.29, 0.717) is 12.8 Å². The molecule has 0 aliphatic heterocycles. The van der Waals surface area contributed by atoms with E-state index in [1.165, 1.54) is 0 Å². The van der Waals surface area contributed by atoms with Crippen LogP contribution in [0.5, 0.6) is 0 Å². The number of carboxylic acids is 1. The Morgan fingerprint density at radius 2 is 2.06 bits per heavy atom. The van der Waals surface area contributed by atoms with Gasteiger partial charge in [0, 0.05) is 10.5 Å². The molecule has 0 unspecified atom stereocenters. The molecule has 0 amide bonds. The highest BCUT2D eigenvalue weighted by Gasteiger charge is 2.53. The summed E-state index contributed by atoms with van der Waals surface area (Å²) < 4.78 is 27.1. The van der Waals surface area contributed by atoms with Crippen molar-refractivity contribution < 1.29 is 18.7 Å². The molecule has 2 rings (SSSR count). The Morgan fingerprint density at radius 3 is 2.50 bits per heavy atom. The van der Waals surface area contributed by atoms with Crippen LogP contribution in [0.2, 0.25) is 0 Å². The Labute approximate surface area is 95.7 Å². The number of hydrogen-bond donors (Lipinski definition) is 1. The van der Waals surface area contributed by atoms with Gasteiger partial charge in [-0.3, -0.25) is 4.79 Å². The van der Waals surface area contributed by atoms with Gasteiger partial charge in [0.15, 0.2) is 0 Å². The molecule has 1 aliphatic carbocycles. The van der Waals surface area contributed by atoms with Crippen LogP contribution in [0.4, 0.5) is 8.78 Å². The lowest BCUT2D eigenvalue weighted by molar-refractivity contribution is -0.140. The average molecular weight is 244 g/mol. The molecule has 0 aromatic heterocycles. The van der Waals surface area contributed by atoms with E-state index in [-0.39, 0.29) is 10.5 Å². The minimum absolute atomic E-state index is 0.0237. The number of carbonyl (C=O) groups is 1. The summed E-state index contributed by atoms with van der Waals surface area (Å²) in [5.41, 5.74) is -1.22. The third-order valence-electron chi connectivity index (χ3n) is 2.90. The third kappa shape index (κ3) is 1.59. The summed E-state index contributed by atoms with van der Waals surface area (Å²) in [6.45, 7) is 0. The van der Waals surface area contributed by atoms with Crippen LogP contribution in [0.25, 0.3) is 0 Å². The first kappa shape index (κ1) is 11.4. The number of rotatable bonds is 3. The van der Waals surface area contributed by atoms with Gasteiger partial charge >= 0.3 is 5.97 Å². The Bertz CT molecular complexity index is 456. The van der Waals surface area contributed by atoms with Crippen LogP contribution in [0, 0.1) is 11.6 Å². The van der Waals surface area contributed by atoms with Crippen molar-refractivity contribution in [2.45, 2.75) is 23.2 Å². The molecule has 0 bridgehead atoms. The second-order valence-electron chi connectivity index (χ2n) is 3.86. The highest BCUT2D eigenvalue weighted by atomic mass is 32.2. The fraction of sp³-hybridized carbons (Fsp3) is 0.364.